The normalized spacial score (nSPS) is 17.6. The number of thiophene rings is 1. The van der Waals surface area contributed by atoms with Gasteiger partial charge in [-0.3, -0.25) is 4.79 Å². The van der Waals surface area contributed by atoms with Crippen molar-refractivity contribution in [1.82, 2.24) is 9.62 Å². The first-order chi connectivity index (χ1) is 8.55. The third kappa shape index (κ3) is 2.56. The molecule has 1 fully saturated rings. The Morgan fingerprint density at radius 3 is 2.72 bits per heavy atom. The second-order valence-corrected chi connectivity index (χ2v) is 6.59. The minimum absolute atomic E-state index is 0.174. The van der Waals surface area contributed by atoms with Gasteiger partial charge < -0.3 is 10.1 Å². The van der Waals surface area contributed by atoms with E-state index in [-0.39, 0.29) is 10.8 Å². The Kier molecular flexibility index (Phi) is 4.00. The van der Waals surface area contributed by atoms with E-state index in [0.29, 0.717) is 31.2 Å². The van der Waals surface area contributed by atoms with Crippen LogP contribution in [0.25, 0.3) is 0 Å². The summed E-state index contributed by atoms with van der Waals surface area (Å²) in [7, 11) is -1.99. The highest BCUT2D eigenvalue weighted by atomic mass is 32.2. The van der Waals surface area contributed by atoms with E-state index in [1.165, 1.54) is 22.8 Å². The van der Waals surface area contributed by atoms with E-state index in [4.69, 9.17) is 4.74 Å². The Labute approximate surface area is 110 Å². The summed E-state index contributed by atoms with van der Waals surface area (Å²) in [4.78, 5) is 12.0. The maximum absolute atomic E-state index is 12.3. The summed E-state index contributed by atoms with van der Waals surface area (Å²) in [5, 5.41) is 3.96. The molecule has 1 amide bonds. The second kappa shape index (κ2) is 5.35. The summed E-state index contributed by atoms with van der Waals surface area (Å²) in [6.07, 6.45) is 0. The van der Waals surface area contributed by atoms with Crippen LogP contribution in [0, 0.1) is 0 Å². The number of hydrogen-bond acceptors (Lipinski definition) is 5. The van der Waals surface area contributed by atoms with Crippen molar-refractivity contribution in [2.75, 3.05) is 33.4 Å². The van der Waals surface area contributed by atoms with Gasteiger partial charge in [-0.15, -0.1) is 11.3 Å². The molecular weight excluding hydrogens is 276 g/mol. The molecule has 6 nitrogen and oxygen atoms in total. The van der Waals surface area contributed by atoms with E-state index >= 15 is 0 Å². The summed E-state index contributed by atoms with van der Waals surface area (Å²) >= 11 is 1.12. The number of hydrogen-bond donors (Lipinski definition) is 1. The number of carbonyl (C=O) groups excluding carboxylic acids is 1. The van der Waals surface area contributed by atoms with E-state index in [9.17, 15) is 13.2 Å². The van der Waals surface area contributed by atoms with Gasteiger partial charge in [0.1, 0.15) is 0 Å². The summed E-state index contributed by atoms with van der Waals surface area (Å²) in [5.74, 6) is -0.275. The topological polar surface area (TPSA) is 75.7 Å². The lowest BCUT2D eigenvalue weighted by atomic mass is 10.4. The van der Waals surface area contributed by atoms with Crippen LogP contribution in [0.5, 0.6) is 0 Å². The standard InChI is InChI=1S/C10H14N2O4S2/c1-11-10(13)9-6-8(7-17-9)18(14,15)12-2-4-16-5-3-12/h6-7H,2-5H2,1H3,(H,11,13). The third-order valence-electron chi connectivity index (χ3n) is 2.63. The molecule has 2 rings (SSSR count). The maximum Gasteiger partial charge on any atom is 0.261 e. The molecular formula is C10H14N2O4S2. The van der Waals surface area contributed by atoms with Gasteiger partial charge >= 0.3 is 0 Å². The number of nitrogens with one attached hydrogen (secondary N) is 1. The van der Waals surface area contributed by atoms with Gasteiger partial charge in [-0.1, -0.05) is 0 Å². The van der Waals surface area contributed by atoms with Crippen LogP contribution in [0.3, 0.4) is 0 Å². The molecule has 0 atom stereocenters. The zero-order valence-electron chi connectivity index (χ0n) is 9.88. The van der Waals surface area contributed by atoms with Crippen molar-refractivity contribution in [3.63, 3.8) is 0 Å². The molecule has 0 bridgehead atoms. The van der Waals surface area contributed by atoms with Crippen molar-refractivity contribution in [2.45, 2.75) is 4.90 Å². The van der Waals surface area contributed by atoms with E-state index in [1.807, 2.05) is 0 Å². The summed E-state index contributed by atoms with van der Waals surface area (Å²) < 4.78 is 31.0. The number of rotatable bonds is 3. The Balaban J connectivity index is 2.24. The molecule has 0 saturated carbocycles. The van der Waals surface area contributed by atoms with E-state index in [1.54, 1.807) is 0 Å². The fourth-order valence-electron chi connectivity index (χ4n) is 1.63. The second-order valence-electron chi connectivity index (χ2n) is 3.74. The van der Waals surface area contributed by atoms with Gasteiger partial charge in [0.15, 0.2) is 0 Å². The number of carbonyl (C=O) groups is 1. The van der Waals surface area contributed by atoms with Gasteiger partial charge in [0, 0.05) is 25.5 Å². The molecule has 1 N–H and O–H groups in total. The van der Waals surface area contributed by atoms with Crippen molar-refractivity contribution in [3.05, 3.63) is 16.3 Å². The van der Waals surface area contributed by atoms with Gasteiger partial charge in [-0.05, 0) is 6.07 Å². The van der Waals surface area contributed by atoms with E-state index in [2.05, 4.69) is 5.32 Å². The van der Waals surface area contributed by atoms with Crippen LogP contribution in [0.2, 0.25) is 0 Å². The molecule has 100 valence electrons. The molecule has 1 aromatic heterocycles. The average Bonchev–Trinajstić information content (AvgIpc) is 2.89. The van der Waals surface area contributed by atoms with Crippen LogP contribution in [-0.4, -0.2) is 52.0 Å². The summed E-state index contributed by atoms with van der Waals surface area (Å²) in [5.41, 5.74) is 0. The minimum atomic E-state index is -3.50. The van der Waals surface area contributed by atoms with Crippen LogP contribution in [0.15, 0.2) is 16.3 Å². The Morgan fingerprint density at radius 1 is 1.44 bits per heavy atom. The molecule has 1 aliphatic heterocycles. The Morgan fingerprint density at radius 2 is 2.11 bits per heavy atom. The molecule has 0 aliphatic carbocycles. The minimum Gasteiger partial charge on any atom is -0.379 e. The van der Waals surface area contributed by atoms with Crippen molar-refractivity contribution in [2.24, 2.45) is 0 Å². The predicted octanol–water partition coefficient (Wildman–Crippen LogP) is 0.129. The number of sulfonamides is 1. The quantitative estimate of drug-likeness (QED) is 0.858. The Hall–Kier alpha value is -0.960. The van der Waals surface area contributed by atoms with Gasteiger partial charge in [0.2, 0.25) is 10.0 Å². The van der Waals surface area contributed by atoms with Crippen molar-refractivity contribution < 1.29 is 17.9 Å². The lowest BCUT2D eigenvalue weighted by Crippen LogP contribution is -2.40. The summed E-state index contributed by atoms with van der Waals surface area (Å²) in [6.45, 7) is 1.53. The highest BCUT2D eigenvalue weighted by Gasteiger charge is 2.27. The largest absolute Gasteiger partial charge is 0.379 e. The highest BCUT2D eigenvalue weighted by Crippen LogP contribution is 2.23. The van der Waals surface area contributed by atoms with E-state index in [0.717, 1.165) is 11.3 Å². The van der Waals surface area contributed by atoms with E-state index < -0.39 is 10.0 Å². The molecule has 0 unspecified atom stereocenters. The van der Waals surface area contributed by atoms with Crippen molar-refractivity contribution in [3.8, 4) is 0 Å². The fourth-order valence-corrected chi connectivity index (χ4v) is 4.25. The monoisotopic (exact) mass is 290 g/mol. The predicted molar refractivity (Wildman–Crippen MR) is 67.3 cm³/mol. The number of amides is 1. The first-order valence-electron chi connectivity index (χ1n) is 5.44. The smallest absolute Gasteiger partial charge is 0.261 e. The molecule has 8 heteroatoms. The van der Waals surface area contributed by atoms with Gasteiger partial charge in [-0.25, -0.2) is 8.42 Å². The highest BCUT2D eigenvalue weighted by molar-refractivity contribution is 7.89. The van der Waals surface area contributed by atoms with Crippen LogP contribution in [0.4, 0.5) is 0 Å². The lowest BCUT2D eigenvalue weighted by Gasteiger charge is -2.25. The maximum atomic E-state index is 12.3. The van der Waals surface area contributed by atoms with Crippen LogP contribution in [-0.2, 0) is 14.8 Å². The average molecular weight is 290 g/mol. The third-order valence-corrected chi connectivity index (χ3v) is 5.59. The lowest BCUT2D eigenvalue weighted by molar-refractivity contribution is 0.0730. The van der Waals surface area contributed by atoms with Gasteiger partial charge in [-0.2, -0.15) is 4.31 Å². The summed E-state index contributed by atoms with van der Waals surface area (Å²) in [6, 6.07) is 1.41. The molecule has 1 aromatic rings. The molecule has 1 saturated heterocycles. The molecule has 18 heavy (non-hydrogen) atoms. The van der Waals surface area contributed by atoms with Crippen molar-refractivity contribution >= 4 is 27.3 Å². The fraction of sp³-hybridized carbons (Fsp3) is 0.500. The van der Waals surface area contributed by atoms with Crippen molar-refractivity contribution in [1.29, 1.82) is 0 Å². The SMILES string of the molecule is CNC(=O)c1cc(S(=O)(=O)N2CCOCC2)cs1. The Bertz CT molecular complexity index is 532. The first kappa shape index (κ1) is 13.5. The van der Waals surface area contributed by atoms with Crippen LogP contribution >= 0.6 is 11.3 Å². The van der Waals surface area contributed by atoms with Gasteiger partial charge in [0.05, 0.1) is 23.0 Å². The number of morpholine rings is 1. The zero-order valence-corrected chi connectivity index (χ0v) is 11.5. The zero-order chi connectivity index (χ0) is 13.2. The number of ether oxygens (including phenoxy) is 1. The molecule has 2 heterocycles. The van der Waals surface area contributed by atoms with Crippen LogP contribution < -0.4 is 5.32 Å². The van der Waals surface area contributed by atoms with Crippen LogP contribution in [0.1, 0.15) is 9.67 Å². The molecule has 1 aliphatic rings. The molecule has 0 spiro atoms. The molecule has 0 aromatic carbocycles. The van der Waals surface area contributed by atoms with Gasteiger partial charge in [0.25, 0.3) is 5.91 Å². The number of nitrogens with zero attached hydrogens (tertiary/aromatic N) is 1. The molecule has 0 radical (unpaired) electrons. The first-order valence-corrected chi connectivity index (χ1v) is 7.76.